The number of nitrogens with zero attached hydrogens (tertiary/aromatic N) is 1. The number of esters is 2. The molecule has 0 heterocycles. The molecule has 0 unspecified atom stereocenters. The van der Waals surface area contributed by atoms with E-state index >= 15 is 0 Å². The van der Waals surface area contributed by atoms with Gasteiger partial charge in [0, 0.05) is 0 Å². The number of nitriles is 1. The van der Waals surface area contributed by atoms with Crippen LogP contribution < -0.4 is 0 Å². The highest BCUT2D eigenvalue weighted by atomic mass is 16.6. The highest BCUT2D eigenvalue weighted by Crippen LogP contribution is 1.78. The van der Waals surface area contributed by atoms with Crippen LogP contribution >= 0.6 is 0 Å². The molecule has 9 heavy (non-hydrogen) atoms. The van der Waals surface area contributed by atoms with Gasteiger partial charge in [-0.1, -0.05) is 0 Å². The summed E-state index contributed by atoms with van der Waals surface area (Å²) >= 11 is 0. The second-order valence-electron chi connectivity index (χ2n) is 0.972. The monoisotopic (exact) mass is 129 g/mol. The summed E-state index contributed by atoms with van der Waals surface area (Å²) in [6, 6.07) is 0. The van der Waals surface area contributed by atoms with Crippen LogP contribution in [0.1, 0.15) is 0 Å². The standard InChI is InChI=1S/C4H3NO4/c1-8-3(6)4(7)9-2-5/h1H3. The zero-order valence-electron chi connectivity index (χ0n) is 4.58. The van der Waals surface area contributed by atoms with E-state index in [2.05, 4.69) is 9.47 Å². The van der Waals surface area contributed by atoms with E-state index in [9.17, 15) is 9.59 Å². The number of carbonyl (C=O) groups is 2. The summed E-state index contributed by atoms with van der Waals surface area (Å²) in [5, 5.41) is 7.68. The highest BCUT2D eigenvalue weighted by Gasteiger charge is 2.14. The molecule has 0 rings (SSSR count). The van der Waals surface area contributed by atoms with Crippen molar-refractivity contribution in [3.05, 3.63) is 0 Å². The fourth-order valence-corrected chi connectivity index (χ4v) is 0.166. The minimum absolute atomic E-state index is 1.01. The minimum atomic E-state index is -1.31. The first kappa shape index (κ1) is 7.43. The number of ether oxygens (including phenoxy) is 2. The molecule has 0 amide bonds. The molecule has 0 fully saturated rings. The molecule has 0 saturated heterocycles. The van der Waals surface area contributed by atoms with E-state index in [4.69, 9.17) is 5.26 Å². The summed E-state index contributed by atoms with van der Waals surface area (Å²) in [4.78, 5) is 20.1. The van der Waals surface area contributed by atoms with Crippen molar-refractivity contribution in [2.24, 2.45) is 0 Å². The van der Waals surface area contributed by atoms with E-state index in [1.165, 1.54) is 0 Å². The Labute approximate surface area is 50.8 Å². The van der Waals surface area contributed by atoms with Crippen molar-refractivity contribution < 1.29 is 19.1 Å². The zero-order valence-corrected chi connectivity index (χ0v) is 4.58. The minimum Gasteiger partial charge on any atom is -0.461 e. The second-order valence-corrected chi connectivity index (χ2v) is 0.972. The lowest BCUT2D eigenvalue weighted by Gasteiger charge is -1.89. The molecule has 0 aromatic rings. The predicted molar refractivity (Wildman–Crippen MR) is 23.7 cm³/mol. The third kappa shape index (κ3) is 2.29. The maximum absolute atomic E-state index is 10.1. The van der Waals surface area contributed by atoms with Gasteiger partial charge in [0.05, 0.1) is 7.11 Å². The molecule has 5 heteroatoms. The van der Waals surface area contributed by atoms with E-state index in [-0.39, 0.29) is 0 Å². The number of hydrogen-bond donors (Lipinski definition) is 0. The van der Waals surface area contributed by atoms with Crippen LogP contribution in [0.3, 0.4) is 0 Å². The molecule has 0 aliphatic heterocycles. The predicted octanol–water partition coefficient (Wildman–Crippen LogP) is -0.816. The lowest BCUT2D eigenvalue weighted by molar-refractivity contribution is -0.161. The Morgan fingerprint density at radius 3 is 2.33 bits per heavy atom. The van der Waals surface area contributed by atoms with E-state index in [0.29, 0.717) is 0 Å². The molecular weight excluding hydrogens is 126 g/mol. The van der Waals surface area contributed by atoms with Gasteiger partial charge in [-0.15, -0.1) is 5.26 Å². The van der Waals surface area contributed by atoms with Crippen molar-refractivity contribution in [1.82, 2.24) is 0 Å². The molecule has 0 saturated carbocycles. The molecule has 0 aliphatic rings. The third-order valence-corrected chi connectivity index (χ3v) is 0.490. The summed E-state index contributed by atoms with van der Waals surface area (Å²) in [7, 11) is 1.01. The number of rotatable bonds is 0. The SMILES string of the molecule is COC(=O)C(=O)OC#N. The van der Waals surface area contributed by atoms with E-state index in [1.54, 1.807) is 0 Å². The molecule has 0 atom stereocenters. The summed E-state index contributed by atoms with van der Waals surface area (Å²) in [6.07, 6.45) is 1.03. The van der Waals surface area contributed by atoms with Gasteiger partial charge < -0.3 is 9.47 Å². The third-order valence-electron chi connectivity index (χ3n) is 0.490. The van der Waals surface area contributed by atoms with Gasteiger partial charge in [-0.05, 0) is 0 Å². The lowest BCUT2D eigenvalue weighted by Crippen LogP contribution is -2.16. The molecule has 0 aliphatic carbocycles. The van der Waals surface area contributed by atoms with E-state index in [1.807, 2.05) is 0 Å². The average Bonchev–Trinajstić information content (AvgIpc) is 1.87. The van der Waals surface area contributed by atoms with Gasteiger partial charge in [0.1, 0.15) is 0 Å². The largest absolute Gasteiger partial charge is 0.461 e. The number of carbonyl (C=O) groups excluding carboxylic acids is 2. The Morgan fingerprint density at radius 2 is 2.00 bits per heavy atom. The van der Waals surface area contributed by atoms with Crippen LogP contribution in [0.4, 0.5) is 0 Å². The van der Waals surface area contributed by atoms with Gasteiger partial charge in [-0.25, -0.2) is 9.59 Å². The fourth-order valence-electron chi connectivity index (χ4n) is 0.166. The first-order valence-corrected chi connectivity index (χ1v) is 1.90. The summed E-state index contributed by atoms with van der Waals surface area (Å²) < 4.78 is 7.49. The van der Waals surface area contributed by atoms with Gasteiger partial charge >= 0.3 is 11.9 Å². The highest BCUT2D eigenvalue weighted by molar-refractivity contribution is 6.29. The average molecular weight is 129 g/mol. The van der Waals surface area contributed by atoms with Crippen LogP contribution in [0, 0.1) is 11.5 Å². The Hall–Kier alpha value is -1.57. The van der Waals surface area contributed by atoms with Gasteiger partial charge in [0.15, 0.2) is 0 Å². The van der Waals surface area contributed by atoms with Crippen LogP contribution in [0.5, 0.6) is 0 Å². The van der Waals surface area contributed by atoms with Crippen molar-refractivity contribution in [1.29, 1.82) is 5.26 Å². The van der Waals surface area contributed by atoms with Crippen molar-refractivity contribution in [2.75, 3.05) is 7.11 Å². The Morgan fingerprint density at radius 1 is 1.44 bits per heavy atom. The molecule has 0 spiro atoms. The van der Waals surface area contributed by atoms with Crippen LogP contribution in [-0.2, 0) is 19.1 Å². The summed E-state index contributed by atoms with van der Waals surface area (Å²) in [5.74, 6) is -2.49. The van der Waals surface area contributed by atoms with Crippen molar-refractivity contribution in [3.8, 4) is 6.26 Å². The summed E-state index contributed by atoms with van der Waals surface area (Å²) in [5.41, 5.74) is 0. The van der Waals surface area contributed by atoms with Crippen LogP contribution in [0.2, 0.25) is 0 Å². The Balaban J connectivity index is 3.77. The second kappa shape index (κ2) is 3.43. The quantitative estimate of drug-likeness (QED) is 0.242. The van der Waals surface area contributed by atoms with Crippen molar-refractivity contribution >= 4 is 11.9 Å². The molecule has 0 aromatic heterocycles. The lowest BCUT2D eigenvalue weighted by atomic mass is 10.7. The van der Waals surface area contributed by atoms with Crippen molar-refractivity contribution in [2.45, 2.75) is 0 Å². The molecule has 0 aromatic carbocycles. The first-order chi connectivity index (χ1) is 4.22. The van der Waals surface area contributed by atoms with Gasteiger partial charge in [-0.2, -0.15) is 0 Å². The maximum Gasteiger partial charge on any atom is 0.432 e. The Bertz CT molecular complexity index is 168. The molecule has 0 radical (unpaired) electrons. The van der Waals surface area contributed by atoms with E-state index < -0.39 is 11.9 Å². The zero-order chi connectivity index (χ0) is 7.28. The normalized spacial score (nSPS) is 7.11. The van der Waals surface area contributed by atoms with Crippen LogP contribution in [0.25, 0.3) is 0 Å². The molecule has 48 valence electrons. The smallest absolute Gasteiger partial charge is 0.432 e. The number of methoxy groups -OCH3 is 1. The van der Waals surface area contributed by atoms with Gasteiger partial charge in [-0.3, -0.25) is 0 Å². The first-order valence-electron chi connectivity index (χ1n) is 1.90. The number of hydrogen-bond acceptors (Lipinski definition) is 5. The fraction of sp³-hybridized carbons (Fsp3) is 0.250. The maximum atomic E-state index is 10.1. The molecule has 0 bridgehead atoms. The molecule has 0 N–H and O–H groups in total. The van der Waals surface area contributed by atoms with E-state index in [0.717, 1.165) is 13.4 Å². The van der Waals surface area contributed by atoms with Crippen LogP contribution in [-0.4, -0.2) is 19.0 Å². The van der Waals surface area contributed by atoms with Crippen LogP contribution in [0.15, 0.2) is 0 Å². The van der Waals surface area contributed by atoms with Gasteiger partial charge in [0.2, 0.25) is 0 Å². The molecular formula is C4H3NO4. The molecule has 5 nitrogen and oxygen atoms in total. The Kier molecular flexibility index (Phi) is 2.84. The van der Waals surface area contributed by atoms with Gasteiger partial charge in [0.25, 0.3) is 6.26 Å². The van der Waals surface area contributed by atoms with Crippen molar-refractivity contribution in [3.63, 3.8) is 0 Å². The topological polar surface area (TPSA) is 76.4 Å². The summed E-state index contributed by atoms with van der Waals surface area (Å²) in [6.45, 7) is 0.